The van der Waals surface area contributed by atoms with Gasteiger partial charge in [-0.25, -0.2) is 0 Å². The van der Waals surface area contributed by atoms with Crippen LogP contribution in [-0.2, 0) is 11.2 Å². The van der Waals surface area contributed by atoms with E-state index in [1.54, 1.807) is 0 Å². The van der Waals surface area contributed by atoms with Crippen LogP contribution in [0.25, 0.3) is 0 Å². The fourth-order valence-corrected chi connectivity index (χ4v) is 3.89. The lowest BCUT2D eigenvalue weighted by atomic mass is 9.94. The molecule has 0 heterocycles. The number of hydrogen-bond donors (Lipinski definition) is 2. The van der Waals surface area contributed by atoms with Gasteiger partial charge in [0.25, 0.3) is 0 Å². The van der Waals surface area contributed by atoms with Gasteiger partial charge in [-0.05, 0) is 86.2 Å². The van der Waals surface area contributed by atoms with Gasteiger partial charge in [0.2, 0.25) is 5.91 Å². The third kappa shape index (κ3) is 6.11. The number of amides is 1. The average molecular weight is 431 g/mol. The first-order valence-electron chi connectivity index (χ1n) is 11.2. The lowest BCUT2D eigenvalue weighted by molar-refractivity contribution is -0.115. The van der Waals surface area contributed by atoms with Gasteiger partial charge < -0.3 is 20.5 Å². The summed E-state index contributed by atoms with van der Waals surface area (Å²) in [5.74, 6) is 2.28. The molecule has 1 aliphatic carbocycles. The minimum Gasteiger partial charge on any atom is -0.490 e. The SMILES string of the molecule is Cc1ccccc1NC(=O)Cc1ccc(Oc2ccc(OC3CCC(N)CC3)cc2)cc1. The Bertz CT molecular complexity index is 1020. The second-order valence-electron chi connectivity index (χ2n) is 8.41. The molecule has 1 saturated carbocycles. The molecule has 0 aromatic heterocycles. The van der Waals surface area contributed by atoms with E-state index in [9.17, 15) is 4.79 Å². The molecule has 1 amide bonds. The Morgan fingerprint density at radius 1 is 0.875 bits per heavy atom. The summed E-state index contributed by atoms with van der Waals surface area (Å²) in [5, 5.41) is 2.96. The van der Waals surface area contributed by atoms with Crippen LogP contribution in [0.1, 0.15) is 36.8 Å². The van der Waals surface area contributed by atoms with Crippen LogP contribution >= 0.6 is 0 Å². The molecule has 0 saturated heterocycles. The van der Waals surface area contributed by atoms with Gasteiger partial charge in [-0.2, -0.15) is 0 Å². The lowest BCUT2D eigenvalue weighted by Gasteiger charge is -2.26. The highest BCUT2D eigenvalue weighted by Crippen LogP contribution is 2.27. The summed E-state index contributed by atoms with van der Waals surface area (Å²) in [7, 11) is 0. The summed E-state index contributed by atoms with van der Waals surface area (Å²) >= 11 is 0. The largest absolute Gasteiger partial charge is 0.490 e. The number of benzene rings is 3. The minimum absolute atomic E-state index is 0.0384. The number of para-hydroxylation sites is 1. The van der Waals surface area contributed by atoms with E-state index in [4.69, 9.17) is 15.2 Å². The van der Waals surface area contributed by atoms with Gasteiger partial charge >= 0.3 is 0 Å². The predicted octanol–water partition coefficient (Wildman–Crippen LogP) is 5.62. The van der Waals surface area contributed by atoms with Crippen molar-refractivity contribution in [2.45, 2.75) is 51.2 Å². The van der Waals surface area contributed by atoms with Crippen LogP contribution < -0.4 is 20.5 Å². The van der Waals surface area contributed by atoms with Gasteiger partial charge in [0, 0.05) is 11.7 Å². The van der Waals surface area contributed by atoms with E-state index in [0.29, 0.717) is 12.5 Å². The topological polar surface area (TPSA) is 73.6 Å². The molecule has 4 rings (SSSR count). The molecular formula is C27H30N2O3. The molecule has 1 aliphatic rings. The number of carbonyl (C=O) groups excluding carboxylic acids is 1. The quantitative estimate of drug-likeness (QED) is 0.510. The number of hydrogen-bond acceptors (Lipinski definition) is 4. The van der Waals surface area contributed by atoms with Gasteiger partial charge in [0.1, 0.15) is 17.2 Å². The van der Waals surface area contributed by atoms with Crippen LogP contribution in [0.3, 0.4) is 0 Å². The van der Waals surface area contributed by atoms with E-state index in [0.717, 1.165) is 59.7 Å². The maximum Gasteiger partial charge on any atom is 0.228 e. The number of ether oxygens (including phenoxy) is 2. The predicted molar refractivity (Wildman–Crippen MR) is 127 cm³/mol. The number of nitrogens with two attached hydrogens (primary N) is 1. The van der Waals surface area contributed by atoms with E-state index in [1.165, 1.54) is 0 Å². The van der Waals surface area contributed by atoms with Crippen molar-refractivity contribution in [2.24, 2.45) is 5.73 Å². The van der Waals surface area contributed by atoms with E-state index in [-0.39, 0.29) is 12.0 Å². The van der Waals surface area contributed by atoms with Crippen molar-refractivity contribution in [3.63, 3.8) is 0 Å². The molecule has 0 bridgehead atoms. The van der Waals surface area contributed by atoms with Crippen LogP contribution in [0.15, 0.2) is 72.8 Å². The first-order chi connectivity index (χ1) is 15.5. The highest BCUT2D eigenvalue weighted by molar-refractivity contribution is 5.92. The second kappa shape index (κ2) is 10.3. The lowest BCUT2D eigenvalue weighted by Crippen LogP contribution is -2.31. The van der Waals surface area contributed by atoms with E-state index < -0.39 is 0 Å². The highest BCUT2D eigenvalue weighted by Gasteiger charge is 2.19. The maximum absolute atomic E-state index is 12.3. The second-order valence-corrected chi connectivity index (χ2v) is 8.41. The summed E-state index contributed by atoms with van der Waals surface area (Å²) < 4.78 is 12.0. The first kappa shape index (κ1) is 21.9. The average Bonchev–Trinajstić information content (AvgIpc) is 2.79. The Kier molecular flexibility index (Phi) is 7.07. The van der Waals surface area contributed by atoms with Gasteiger partial charge in [-0.1, -0.05) is 30.3 Å². The van der Waals surface area contributed by atoms with Crippen molar-refractivity contribution in [3.8, 4) is 17.2 Å². The monoisotopic (exact) mass is 430 g/mol. The molecule has 5 heteroatoms. The van der Waals surface area contributed by atoms with Gasteiger partial charge in [-0.15, -0.1) is 0 Å². The fraction of sp³-hybridized carbons (Fsp3) is 0.296. The zero-order valence-electron chi connectivity index (χ0n) is 18.4. The zero-order chi connectivity index (χ0) is 22.3. The molecule has 0 aliphatic heterocycles. The van der Waals surface area contributed by atoms with E-state index in [2.05, 4.69) is 5.32 Å². The Balaban J connectivity index is 1.28. The molecule has 0 atom stereocenters. The Labute approximate surface area is 189 Å². The Morgan fingerprint density at radius 3 is 2.12 bits per heavy atom. The molecule has 0 unspecified atom stereocenters. The van der Waals surface area contributed by atoms with Crippen molar-refractivity contribution >= 4 is 11.6 Å². The Hall–Kier alpha value is -3.31. The molecular weight excluding hydrogens is 400 g/mol. The third-order valence-corrected chi connectivity index (χ3v) is 5.79. The van der Waals surface area contributed by atoms with Gasteiger partial charge in [0.05, 0.1) is 12.5 Å². The van der Waals surface area contributed by atoms with Crippen molar-refractivity contribution < 1.29 is 14.3 Å². The summed E-state index contributed by atoms with van der Waals surface area (Å²) in [4.78, 5) is 12.3. The third-order valence-electron chi connectivity index (χ3n) is 5.79. The molecule has 32 heavy (non-hydrogen) atoms. The van der Waals surface area contributed by atoms with Gasteiger partial charge in [0.15, 0.2) is 0 Å². The van der Waals surface area contributed by atoms with Crippen LogP contribution in [-0.4, -0.2) is 18.1 Å². The number of rotatable bonds is 7. The number of aryl methyl sites for hydroxylation is 1. The molecule has 3 aromatic rings. The molecule has 0 spiro atoms. The number of carbonyl (C=O) groups is 1. The smallest absolute Gasteiger partial charge is 0.228 e. The van der Waals surface area contributed by atoms with Crippen molar-refractivity contribution in [1.82, 2.24) is 0 Å². The summed E-state index contributed by atoms with van der Waals surface area (Å²) in [6.07, 6.45) is 4.62. The van der Waals surface area contributed by atoms with Crippen molar-refractivity contribution in [2.75, 3.05) is 5.32 Å². The zero-order valence-corrected chi connectivity index (χ0v) is 18.4. The van der Waals surface area contributed by atoms with Crippen LogP contribution in [0.5, 0.6) is 17.2 Å². The summed E-state index contributed by atoms with van der Waals surface area (Å²) in [6, 6.07) is 23.4. The fourth-order valence-electron chi connectivity index (χ4n) is 3.89. The van der Waals surface area contributed by atoms with Crippen LogP contribution in [0.4, 0.5) is 5.69 Å². The summed E-state index contributed by atoms with van der Waals surface area (Å²) in [5.41, 5.74) is 8.78. The first-order valence-corrected chi connectivity index (χ1v) is 11.2. The molecule has 3 N–H and O–H groups in total. The molecule has 0 radical (unpaired) electrons. The molecule has 166 valence electrons. The van der Waals surface area contributed by atoms with E-state index in [1.807, 2.05) is 79.7 Å². The molecule has 1 fully saturated rings. The van der Waals surface area contributed by atoms with Crippen molar-refractivity contribution in [1.29, 1.82) is 0 Å². The standard InChI is InChI=1S/C27H30N2O3/c1-19-4-2-3-5-26(19)29-27(30)18-20-6-10-22(11-7-20)31-24-14-16-25(17-15-24)32-23-12-8-21(28)9-13-23/h2-7,10-11,14-17,21,23H,8-9,12-13,18,28H2,1H3,(H,29,30). The normalized spacial score (nSPS) is 18.1. The minimum atomic E-state index is -0.0384. The summed E-state index contributed by atoms with van der Waals surface area (Å²) in [6.45, 7) is 1.98. The highest BCUT2D eigenvalue weighted by atomic mass is 16.5. The molecule has 3 aromatic carbocycles. The molecule has 5 nitrogen and oxygen atoms in total. The number of nitrogens with one attached hydrogen (secondary N) is 1. The van der Waals surface area contributed by atoms with Crippen LogP contribution in [0.2, 0.25) is 0 Å². The van der Waals surface area contributed by atoms with Crippen molar-refractivity contribution in [3.05, 3.63) is 83.9 Å². The van der Waals surface area contributed by atoms with E-state index >= 15 is 0 Å². The number of anilines is 1. The Morgan fingerprint density at radius 2 is 1.47 bits per heavy atom. The maximum atomic E-state index is 12.3. The van der Waals surface area contributed by atoms with Crippen LogP contribution in [0, 0.1) is 6.92 Å². The van der Waals surface area contributed by atoms with Gasteiger partial charge in [-0.3, -0.25) is 4.79 Å².